The van der Waals surface area contributed by atoms with Crippen LogP contribution in [0.25, 0.3) is 0 Å². The number of amides is 1. The van der Waals surface area contributed by atoms with Gasteiger partial charge in [0, 0.05) is 11.8 Å². The van der Waals surface area contributed by atoms with E-state index in [1.807, 2.05) is 20.8 Å². The SMILES string of the molecule is CC(C)(C)c1ccc(NC(=O)C2CNc3c(F)cccc3O2)cc1O. The number of carbonyl (C=O) groups excluding carboxylic acids is 1. The number of hydrogen-bond acceptors (Lipinski definition) is 4. The lowest BCUT2D eigenvalue weighted by atomic mass is 9.86. The first kappa shape index (κ1) is 17.1. The average molecular weight is 344 g/mol. The van der Waals surface area contributed by atoms with Crippen LogP contribution in [0, 0.1) is 5.82 Å². The van der Waals surface area contributed by atoms with Crippen molar-refractivity contribution in [1.82, 2.24) is 0 Å². The van der Waals surface area contributed by atoms with Crippen molar-refractivity contribution in [3.63, 3.8) is 0 Å². The van der Waals surface area contributed by atoms with Crippen LogP contribution in [0.4, 0.5) is 15.8 Å². The lowest BCUT2D eigenvalue weighted by Crippen LogP contribution is -2.41. The first-order valence-corrected chi connectivity index (χ1v) is 8.09. The van der Waals surface area contributed by atoms with Crippen LogP contribution in [-0.2, 0) is 10.2 Å². The number of aromatic hydroxyl groups is 1. The molecular weight excluding hydrogens is 323 g/mol. The highest BCUT2D eigenvalue weighted by atomic mass is 19.1. The number of fused-ring (bicyclic) bond motifs is 1. The molecular formula is C19H21FN2O3. The van der Waals surface area contributed by atoms with E-state index in [0.717, 1.165) is 5.56 Å². The summed E-state index contributed by atoms with van der Waals surface area (Å²) in [6.07, 6.45) is -0.793. The van der Waals surface area contributed by atoms with Crippen molar-refractivity contribution in [3.05, 3.63) is 47.8 Å². The average Bonchev–Trinajstić information content (AvgIpc) is 2.53. The summed E-state index contributed by atoms with van der Waals surface area (Å²) in [5.74, 6) is -0.359. The predicted octanol–water partition coefficient (Wildman–Crippen LogP) is 3.64. The van der Waals surface area contributed by atoms with Gasteiger partial charge in [-0.3, -0.25) is 4.79 Å². The molecule has 6 heteroatoms. The molecule has 0 saturated carbocycles. The highest BCUT2D eigenvalue weighted by molar-refractivity contribution is 5.95. The second kappa shape index (κ2) is 6.27. The Morgan fingerprint density at radius 3 is 2.76 bits per heavy atom. The molecule has 0 spiro atoms. The van der Waals surface area contributed by atoms with E-state index in [9.17, 15) is 14.3 Å². The van der Waals surface area contributed by atoms with Gasteiger partial charge in [-0.15, -0.1) is 0 Å². The molecule has 0 saturated heterocycles. The van der Waals surface area contributed by atoms with Gasteiger partial charge in [-0.2, -0.15) is 0 Å². The number of halogens is 1. The molecule has 0 fully saturated rings. The molecule has 0 aliphatic carbocycles. The van der Waals surface area contributed by atoms with Crippen molar-refractivity contribution in [1.29, 1.82) is 0 Å². The number of carbonyl (C=O) groups is 1. The summed E-state index contributed by atoms with van der Waals surface area (Å²) >= 11 is 0. The Kier molecular flexibility index (Phi) is 4.29. The van der Waals surface area contributed by atoms with E-state index in [4.69, 9.17) is 4.74 Å². The Bertz CT molecular complexity index is 815. The Labute approximate surface area is 145 Å². The molecule has 25 heavy (non-hydrogen) atoms. The predicted molar refractivity (Wildman–Crippen MR) is 94.7 cm³/mol. The Morgan fingerprint density at radius 2 is 2.08 bits per heavy atom. The van der Waals surface area contributed by atoms with Gasteiger partial charge in [-0.1, -0.05) is 32.9 Å². The molecule has 2 aromatic rings. The van der Waals surface area contributed by atoms with E-state index in [-0.39, 0.29) is 29.3 Å². The molecule has 1 aliphatic rings. The standard InChI is InChI=1S/C19H21FN2O3/c1-19(2,3)12-8-7-11(9-14(12)23)22-18(24)16-10-21-17-13(20)5-4-6-15(17)25-16/h4-9,16,21,23H,10H2,1-3H3,(H,22,24). The molecule has 0 radical (unpaired) electrons. The first-order valence-electron chi connectivity index (χ1n) is 8.09. The van der Waals surface area contributed by atoms with Gasteiger partial charge >= 0.3 is 0 Å². The second-order valence-corrected chi connectivity index (χ2v) is 7.07. The minimum absolute atomic E-state index is 0.125. The normalized spacial score (nSPS) is 16.4. The van der Waals surface area contributed by atoms with Crippen LogP contribution in [0.15, 0.2) is 36.4 Å². The molecule has 2 aromatic carbocycles. The molecule has 1 atom stereocenters. The van der Waals surface area contributed by atoms with Crippen LogP contribution in [0.2, 0.25) is 0 Å². The van der Waals surface area contributed by atoms with Gasteiger partial charge in [0.15, 0.2) is 6.10 Å². The van der Waals surface area contributed by atoms with Crippen molar-refractivity contribution in [2.75, 3.05) is 17.2 Å². The van der Waals surface area contributed by atoms with Crippen molar-refractivity contribution < 1.29 is 19.0 Å². The first-order chi connectivity index (χ1) is 11.8. The van der Waals surface area contributed by atoms with Crippen LogP contribution in [0.1, 0.15) is 26.3 Å². The van der Waals surface area contributed by atoms with Crippen LogP contribution in [-0.4, -0.2) is 23.7 Å². The summed E-state index contributed by atoms with van der Waals surface area (Å²) in [7, 11) is 0. The molecule has 3 rings (SSSR count). The number of ether oxygens (including phenoxy) is 1. The number of rotatable bonds is 2. The van der Waals surface area contributed by atoms with E-state index < -0.39 is 11.9 Å². The van der Waals surface area contributed by atoms with E-state index in [1.165, 1.54) is 18.2 Å². The molecule has 1 unspecified atom stereocenters. The number of para-hydroxylation sites is 1. The summed E-state index contributed by atoms with van der Waals surface area (Å²) < 4.78 is 19.2. The summed E-state index contributed by atoms with van der Waals surface area (Å²) in [5.41, 5.74) is 1.34. The van der Waals surface area contributed by atoms with Gasteiger partial charge < -0.3 is 20.5 Å². The monoisotopic (exact) mass is 344 g/mol. The largest absolute Gasteiger partial charge is 0.508 e. The van der Waals surface area contributed by atoms with Crippen LogP contribution < -0.4 is 15.4 Å². The minimum Gasteiger partial charge on any atom is -0.508 e. The smallest absolute Gasteiger partial charge is 0.267 e. The third-order valence-electron chi connectivity index (χ3n) is 4.07. The number of hydrogen-bond donors (Lipinski definition) is 3. The maximum absolute atomic E-state index is 13.7. The molecule has 0 bridgehead atoms. The Balaban J connectivity index is 1.72. The zero-order chi connectivity index (χ0) is 18.2. The van der Waals surface area contributed by atoms with E-state index in [0.29, 0.717) is 11.4 Å². The molecule has 132 valence electrons. The molecule has 0 aromatic heterocycles. The molecule has 1 amide bonds. The quantitative estimate of drug-likeness (QED) is 0.778. The molecule has 1 aliphatic heterocycles. The van der Waals surface area contributed by atoms with Crippen molar-refractivity contribution >= 4 is 17.3 Å². The number of phenols is 1. The highest BCUT2D eigenvalue weighted by Crippen LogP contribution is 2.33. The molecule has 5 nitrogen and oxygen atoms in total. The third kappa shape index (κ3) is 3.52. The fourth-order valence-electron chi connectivity index (χ4n) is 2.78. The maximum Gasteiger partial charge on any atom is 0.267 e. The van der Waals surface area contributed by atoms with Gasteiger partial charge in [-0.25, -0.2) is 4.39 Å². The second-order valence-electron chi connectivity index (χ2n) is 7.07. The summed E-state index contributed by atoms with van der Waals surface area (Å²) in [4.78, 5) is 12.4. The van der Waals surface area contributed by atoms with Gasteiger partial charge in [0.25, 0.3) is 5.91 Å². The van der Waals surface area contributed by atoms with Crippen molar-refractivity contribution in [3.8, 4) is 11.5 Å². The topological polar surface area (TPSA) is 70.6 Å². The number of benzene rings is 2. The zero-order valence-corrected chi connectivity index (χ0v) is 14.4. The van der Waals surface area contributed by atoms with Gasteiger partial charge in [0.05, 0.1) is 6.54 Å². The fraction of sp³-hybridized carbons (Fsp3) is 0.316. The van der Waals surface area contributed by atoms with E-state index in [2.05, 4.69) is 10.6 Å². The molecule has 1 heterocycles. The Morgan fingerprint density at radius 1 is 1.32 bits per heavy atom. The van der Waals surface area contributed by atoms with Crippen LogP contribution in [0.5, 0.6) is 11.5 Å². The molecule has 3 N–H and O–H groups in total. The van der Waals surface area contributed by atoms with E-state index in [1.54, 1.807) is 18.2 Å². The minimum atomic E-state index is -0.793. The highest BCUT2D eigenvalue weighted by Gasteiger charge is 2.28. The van der Waals surface area contributed by atoms with Gasteiger partial charge in [0.2, 0.25) is 0 Å². The Hall–Kier alpha value is -2.76. The fourth-order valence-corrected chi connectivity index (χ4v) is 2.78. The number of phenolic OH excluding ortho intramolecular Hbond substituents is 1. The number of anilines is 2. The lowest BCUT2D eigenvalue weighted by molar-refractivity contribution is -0.122. The summed E-state index contributed by atoms with van der Waals surface area (Å²) in [6, 6.07) is 9.50. The maximum atomic E-state index is 13.7. The summed E-state index contributed by atoms with van der Waals surface area (Å²) in [5, 5.41) is 15.8. The lowest BCUT2D eigenvalue weighted by Gasteiger charge is -2.27. The van der Waals surface area contributed by atoms with Crippen molar-refractivity contribution in [2.24, 2.45) is 0 Å². The third-order valence-corrected chi connectivity index (χ3v) is 4.07. The van der Waals surface area contributed by atoms with Crippen molar-refractivity contribution in [2.45, 2.75) is 32.3 Å². The van der Waals surface area contributed by atoms with Crippen LogP contribution in [0.3, 0.4) is 0 Å². The summed E-state index contributed by atoms with van der Waals surface area (Å²) in [6.45, 7) is 6.15. The zero-order valence-electron chi connectivity index (χ0n) is 14.4. The van der Waals surface area contributed by atoms with Crippen LogP contribution >= 0.6 is 0 Å². The van der Waals surface area contributed by atoms with Gasteiger partial charge in [-0.05, 0) is 29.2 Å². The van der Waals surface area contributed by atoms with E-state index >= 15 is 0 Å². The number of nitrogens with one attached hydrogen (secondary N) is 2. The van der Waals surface area contributed by atoms with Gasteiger partial charge in [0.1, 0.15) is 23.0 Å².